The first-order valence-corrected chi connectivity index (χ1v) is 18.0. The van der Waals surface area contributed by atoms with Crippen LogP contribution in [-0.2, 0) is 37.4 Å². The smallest absolute Gasteiger partial charge is 0.330 e. The number of ether oxygens (including phenoxy) is 4. The van der Waals surface area contributed by atoms with Gasteiger partial charge in [-0.2, -0.15) is 4.98 Å². The van der Waals surface area contributed by atoms with Crippen LogP contribution < -0.4 is 27.4 Å². The van der Waals surface area contributed by atoms with Crippen LogP contribution in [0.4, 0.5) is 10.3 Å². The molecule has 20 nitrogen and oxygen atoms in total. The topological polar surface area (TPSA) is 260 Å². The summed E-state index contributed by atoms with van der Waals surface area (Å²) in [5.74, 6) is 0.350. The first kappa shape index (κ1) is 39.9. The van der Waals surface area contributed by atoms with E-state index >= 15 is 4.39 Å². The summed E-state index contributed by atoms with van der Waals surface area (Å²) in [5, 5.41) is 0. The number of imidazole rings is 1. The maximum atomic E-state index is 16.5. The van der Waals surface area contributed by atoms with E-state index in [2.05, 4.69) is 25.9 Å². The number of carbonyl (C=O) groups excluding carboxylic acids is 1. The normalized spacial score (nSPS) is 27.0. The number of aromatic amines is 2. The molecule has 0 bridgehead atoms. The Labute approximate surface area is 301 Å². The van der Waals surface area contributed by atoms with Crippen molar-refractivity contribution in [3.05, 3.63) is 49.8 Å². The van der Waals surface area contributed by atoms with Gasteiger partial charge in [0.25, 0.3) is 18.9 Å². The van der Waals surface area contributed by atoms with E-state index in [0.29, 0.717) is 0 Å². The van der Waals surface area contributed by atoms with Gasteiger partial charge in [0.1, 0.15) is 18.3 Å². The highest BCUT2D eigenvalue weighted by Crippen LogP contribution is 2.47. The number of rotatable bonds is 15. The number of nitrogens with one attached hydrogen (secondary N) is 2. The standard InChI is InChI=1S/C31H42FN8O12P/c1-7-9-38(12-18-24(52-53(45,46)51-16(4)5)25(47-6)29(49-18)39-10-8-20(41)35-31(39)44)21(42)11-17-19(13-48-15(2)3)50-28(22(17)32)40-14-34-23-26(40)36-30(33)37-27(23)43/h1,8,10,14-19,22,24-25,28-29H,9,11-13H2,2-6H3,(H,45,46)(H,35,41,44)(H3,33,36,37,43)/p-1/t17-,18-,19-,22-,24-,25-,28-,29-/m1/s1. The van der Waals surface area contributed by atoms with Crippen LogP contribution in [0.25, 0.3) is 11.2 Å². The predicted molar refractivity (Wildman–Crippen MR) is 181 cm³/mol. The SMILES string of the molecule is C#CCN(C[C@H]1O[C@@H](n2ccc(=O)[nH]c2=O)[C@H](OC)[C@@H]1OP(=O)([O-])OC(C)C)C(=O)C[C@H]1[C@@H](F)[C@H](n2cnc3c(=O)[nH]c(N)nc32)O[C@@H]1COC(C)C. The number of nitrogens with zero attached hydrogens (tertiary/aromatic N) is 5. The molecule has 1 unspecified atom stereocenters. The van der Waals surface area contributed by atoms with Crippen molar-refractivity contribution in [3.63, 3.8) is 0 Å². The van der Waals surface area contributed by atoms with E-state index in [1.54, 1.807) is 13.8 Å². The fourth-order valence-electron chi connectivity index (χ4n) is 6.24. The van der Waals surface area contributed by atoms with Crippen LogP contribution in [0.3, 0.4) is 0 Å². The van der Waals surface area contributed by atoms with E-state index in [1.807, 2.05) is 0 Å². The number of carbonyl (C=O) groups is 1. The van der Waals surface area contributed by atoms with E-state index < -0.39 is 98.6 Å². The molecule has 2 aliphatic rings. The van der Waals surface area contributed by atoms with E-state index in [9.17, 15) is 28.6 Å². The molecule has 2 saturated heterocycles. The lowest BCUT2D eigenvalue weighted by Gasteiger charge is -2.33. The van der Waals surface area contributed by atoms with Crippen molar-refractivity contribution in [1.29, 1.82) is 0 Å². The molecule has 0 saturated carbocycles. The zero-order valence-electron chi connectivity index (χ0n) is 29.4. The summed E-state index contributed by atoms with van der Waals surface area (Å²) >= 11 is 0. The van der Waals surface area contributed by atoms with Gasteiger partial charge in [-0.3, -0.25) is 38.1 Å². The Hall–Kier alpha value is -4.26. The van der Waals surface area contributed by atoms with Crippen molar-refractivity contribution in [2.75, 3.05) is 32.5 Å². The zero-order valence-corrected chi connectivity index (χ0v) is 30.3. The number of halogens is 1. The number of hydrogen-bond donors (Lipinski definition) is 3. The monoisotopic (exact) mass is 767 g/mol. The summed E-state index contributed by atoms with van der Waals surface area (Å²) in [4.78, 5) is 77.5. The van der Waals surface area contributed by atoms with E-state index in [4.69, 9.17) is 40.2 Å². The molecule has 0 aliphatic carbocycles. The highest BCUT2D eigenvalue weighted by Gasteiger charge is 2.51. The number of phosphoric ester groups is 1. The third-order valence-electron chi connectivity index (χ3n) is 8.51. The Balaban J connectivity index is 1.44. The number of H-pyrrole nitrogens is 2. The summed E-state index contributed by atoms with van der Waals surface area (Å²) in [6.07, 6.45) is -3.27. The fraction of sp³-hybridized carbons (Fsp3) is 0.613. The average Bonchev–Trinajstić information content (AvgIpc) is 3.72. The van der Waals surface area contributed by atoms with Gasteiger partial charge in [0.05, 0.1) is 44.3 Å². The molecule has 3 aromatic heterocycles. The van der Waals surface area contributed by atoms with Gasteiger partial charge >= 0.3 is 5.69 Å². The number of nitrogen functional groups attached to an aromatic ring is 1. The Morgan fingerprint density at radius 2 is 1.87 bits per heavy atom. The molecule has 0 aromatic carbocycles. The lowest BCUT2D eigenvalue weighted by Crippen LogP contribution is -2.46. The second kappa shape index (κ2) is 16.4. The number of nitrogens with two attached hydrogens (primary N) is 1. The Morgan fingerprint density at radius 1 is 1.15 bits per heavy atom. The van der Waals surface area contributed by atoms with Gasteiger partial charge in [0.2, 0.25) is 11.9 Å². The molecule has 5 heterocycles. The number of alkyl halides is 1. The van der Waals surface area contributed by atoms with Crippen LogP contribution in [0.15, 0.2) is 33.0 Å². The van der Waals surface area contributed by atoms with Gasteiger partial charge in [0, 0.05) is 31.7 Å². The number of hydrogen-bond acceptors (Lipinski definition) is 15. The Bertz CT molecular complexity index is 2040. The van der Waals surface area contributed by atoms with E-state index in [1.165, 1.54) is 31.9 Å². The van der Waals surface area contributed by atoms with Gasteiger partial charge in [-0.15, -0.1) is 6.42 Å². The van der Waals surface area contributed by atoms with Crippen LogP contribution >= 0.6 is 7.82 Å². The highest BCUT2D eigenvalue weighted by atomic mass is 31.2. The van der Waals surface area contributed by atoms with Gasteiger partial charge < -0.3 is 43.5 Å². The zero-order chi connectivity index (χ0) is 38.8. The van der Waals surface area contributed by atoms with Gasteiger partial charge in [-0.25, -0.2) is 14.2 Å². The van der Waals surface area contributed by atoms with Crippen molar-refractivity contribution >= 4 is 30.8 Å². The third-order valence-corrected chi connectivity index (χ3v) is 9.69. The molecule has 290 valence electrons. The molecular weight excluding hydrogens is 726 g/mol. The quantitative estimate of drug-likeness (QED) is 0.131. The van der Waals surface area contributed by atoms with E-state index in [-0.39, 0.29) is 36.4 Å². The number of anilines is 1. The molecule has 4 N–H and O–H groups in total. The first-order chi connectivity index (χ1) is 25.0. The van der Waals surface area contributed by atoms with Crippen LogP contribution in [0.1, 0.15) is 46.6 Å². The summed E-state index contributed by atoms with van der Waals surface area (Å²) in [7, 11) is -3.82. The minimum Gasteiger partial charge on any atom is -0.756 e. The van der Waals surface area contributed by atoms with Crippen molar-refractivity contribution in [2.24, 2.45) is 5.92 Å². The third kappa shape index (κ3) is 8.93. The molecule has 53 heavy (non-hydrogen) atoms. The van der Waals surface area contributed by atoms with Crippen LogP contribution in [0.2, 0.25) is 0 Å². The lowest BCUT2D eigenvalue weighted by molar-refractivity contribution is -0.236. The molecule has 0 radical (unpaired) electrons. The second-order valence-electron chi connectivity index (χ2n) is 13.0. The molecule has 3 aromatic rings. The number of phosphoric acid groups is 1. The summed E-state index contributed by atoms with van der Waals surface area (Å²) in [6.45, 7) is 5.63. The summed E-state index contributed by atoms with van der Waals surface area (Å²) < 4.78 is 65.5. The number of amides is 1. The second-order valence-corrected chi connectivity index (χ2v) is 14.3. The molecule has 0 spiro atoms. The van der Waals surface area contributed by atoms with E-state index in [0.717, 1.165) is 21.7 Å². The van der Waals surface area contributed by atoms with Crippen molar-refractivity contribution in [2.45, 2.75) is 89.4 Å². The maximum Gasteiger partial charge on any atom is 0.330 e. The Morgan fingerprint density at radius 3 is 2.51 bits per heavy atom. The summed E-state index contributed by atoms with van der Waals surface area (Å²) in [6, 6.07) is 1.05. The molecule has 22 heteroatoms. The fourth-order valence-corrected chi connectivity index (χ4v) is 7.36. The Kier molecular flexibility index (Phi) is 12.4. The summed E-state index contributed by atoms with van der Waals surface area (Å²) in [5.41, 5.74) is 3.37. The van der Waals surface area contributed by atoms with Gasteiger partial charge in [0.15, 0.2) is 29.8 Å². The minimum absolute atomic E-state index is 0.0336. The number of methoxy groups -OCH3 is 1. The lowest BCUT2D eigenvalue weighted by atomic mass is 9.94. The minimum atomic E-state index is -5.04. The molecular formula is C31H41FN8O12P-. The van der Waals surface area contributed by atoms with Gasteiger partial charge in [-0.1, -0.05) is 5.92 Å². The highest BCUT2D eigenvalue weighted by molar-refractivity contribution is 7.45. The van der Waals surface area contributed by atoms with Crippen molar-refractivity contribution < 1.29 is 46.6 Å². The van der Waals surface area contributed by atoms with Crippen LogP contribution in [0.5, 0.6) is 0 Å². The number of terminal acetylenes is 1. The number of aromatic nitrogens is 6. The van der Waals surface area contributed by atoms with Crippen molar-refractivity contribution in [1.82, 2.24) is 34.0 Å². The maximum absolute atomic E-state index is 16.5. The molecule has 1 amide bonds. The molecule has 9 atom stereocenters. The first-order valence-electron chi connectivity index (χ1n) is 16.6. The van der Waals surface area contributed by atoms with Gasteiger partial charge in [-0.05, 0) is 27.7 Å². The predicted octanol–water partition coefficient (Wildman–Crippen LogP) is -0.428. The average molecular weight is 768 g/mol. The van der Waals surface area contributed by atoms with Crippen LogP contribution in [-0.4, -0.2) is 109 Å². The molecule has 5 rings (SSSR count). The molecule has 2 fully saturated rings. The van der Waals surface area contributed by atoms with Crippen molar-refractivity contribution in [3.8, 4) is 12.3 Å². The number of fused-ring (bicyclic) bond motifs is 1. The molecule has 2 aliphatic heterocycles. The van der Waals surface area contributed by atoms with Crippen LogP contribution in [0, 0.1) is 18.3 Å². The largest absolute Gasteiger partial charge is 0.756 e.